The molecule has 3 aromatic rings. The molecule has 0 spiro atoms. The lowest BCUT2D eigenvalue weighted by molar-refractivity contribution is 0.118. The minimum atomic E-state index is 0.622. The first-order chi connectivity index (χ1) is 13.8. The van der Waals surface area contributed by atoms with Crippen molar-refractivity contribution in [3.63, 3.8) is 0 Å². The maximum atomic E-state index is 5.63. The number of ether oxygens (including phenoxy) is 1. The molecule has 0 radical (unpaired) electrons. The summed E-state index contributed by atoms with van der Waals surface area (Å²) in [5, 5.41) is 4.45. The molecule has 6 heteroatoms. The number of fused-ring (bicyclic) bond motifs is 1. The topological polar surface area (TPSA) is 54.0 Å². The molecule has 1 saturated heterocycles. The number of pyridine rings is 1. The Bertz CT molecular complexity index is 933. The van der Waals surface area contributed by atoms with Crippen LogP contribution in [0.3, 0.4) is 0 Å². The third-order valence-corrected chi connectivity index (χ3v) is 7.16. The van der Waals surface area contributed by atoms with E-state index < -0.39 is 0 Å². The fourth-order valence-corrected chi connectivity index (χ4v) is 5.46. The summed E-state index contributed by atoms with van der Waals surface area (Å²) in [5.74, 6) is 0.622. The number of aromatic amines is 1. The summed E-state index contributed by atoms with van der Waals surface area (Å²) in [6, 6.07) is 3.09. The van der Waals surface area contributed by atoms with Gasteiger partial charge in [0.1, 0.15) is 5.65 Å². The molecule has 2 fully saturated rings. The number of rotatable bonds is 3. The van der Waals surface area contributed by atoms with E-state index in [0.717, 1.165) is 42.1 Å². The van der Waals surface area contributed by atoms with Gasteiger partial charge in [0.15, 0.2) is 0 Å². The van der Waals surface area contributed by atoms with Crippen molar-refractivity contribution in [1.82, 2.24) is 19.9 Å². The molecule has 1 aliphatic carbocycles. The molecule has 1 saturated carbocycles. The van der Waals surface area contributed by atoms with Crippen LogP contribution in [0.1, 0.15) is 48.6 Å². The molecule has 0 bridgehead atoms. The Balaban J connectivity index is 1.33. The van der Waals surface area contributed by atoms with Crippen LogP contribution in [-0.4, -0.2) is 52.2 Å². The van der Waals surface area contributed by atoms with Gasteiger partial charge in [-0.15, -0.1) is 11.3 Å². The first kappa shape index (κ1) is 18.3. The molecule has 2 aliphatic rings. The van der Waals surface area contributed by atoms with Crippen LogP contribution in [0.25, 0.3) is 22.3 Å². The largest absolute Gasteiger partial charge is 0.380 e. The van der Waals surface area contributed by atoms with Gasteiger partial charge in [0.2, 0.25) is 0 Å². The summed E-state index contributed by atoms with van der Waals surface area (Å²) in [6.07, 6.45) is 10.4. The van der Waals surface area contributed by atoms with Gasteiger partial charge in [0, 0.05) is 54.5 Å². The maximum absolute atomic E-state index is 5.63. The van der Waals surface area contributed by atoms with Crippen molar-refractivity contribution in [1.29, 1.82) is 0 Å². The van der Waals surface area contributed by atoms with E-state index in [-0.39, 0.29) is 0 Å². The van der Waals surface area contributed by atoms with E-state index in [2.05, 4.69) is 39.4 Å². The number of hydrogen-bond donors (Lipinski definition) is 1. The van der Waals surface area contributed by atoms with Crippen molar-refractivity contribution in [3.05, 3.63) is 34.4 Å². The number of hydrogen-bond acceptors (Lipinski definition) is 5. The number of thiazole rings is 1. The van der Waals surface area contributed by atoms with Crippen molar-refractivity contribution in [2.45, 2.75) is 51.0 Å². The highest BCUT2D eigenvalue weighted by Crippen LogP contribution is 2.37. The molecule has 0 aromatic carbocycles. The van der Waals surface area contributed by atoms with Gasteiger partial charge in [-0.25, -0.2) is 9.97 Å². The zero-order valence-corrected chi connectivity index (χ0v) is 17.3. The van der Waals surface area contributed by atoms with Crippen LogP contribution in [0.2, 0.25) is 0 Å². The van der Waals surface area contributed by atoms with E-state index >= 15 is 0 Å². The molecule has 4 heterocycles. The average molecular weight is 397 g/mol. The highest BCUT2D eigenvalue weighted by Gasteiger charge is 2.27. The Kier molecular flexibility index (Phi) is 5.18. The molecule has 0 unspecified atom stereocenters. The van der Waals surface area contributed by atoms with Crippen LogP contribution in [0.4, 0.5) is 0 Å². The normalized spacial score (nSPS) is 24.5. The van der Waals surface area contributed by atoms with E-state index in [1.165, 1.54) is 55.2 Å². The van der Waals surface area contributed by atoms with E-state index in [1.807, 2.05) is 6.20 Å². The number of H-pyrrole nitrogens is 1. The van der Waals surface area contributed by atoms with Crippen LogP contribution >= 0.6 is 11.3 Å². The second kappa shape index (κ2) is 7.93. The first-order valence-electron chi connectivity index (χ1n) is 10.5. The van der Waals surface area contributed by atoms with E-state index in [0.29, 0.717) is 5.92 Å². The Morgan fingerprint density at radius 2 is 2.07 bits per heavy atom. The second-order valence-electron chi connectivity index (χ2n) is 8.13. The smallest absolute Gasteiger partial charge is 0.137 e. The highest BCUT2D eigenvalue weighted by atomic mass is 32.1. The first-order valence-corrected chi connectivity index (χ1v) is 11.4. The average Bonchev–Trinajstić information content (AvgIpc) is 3.24. The van der Waals surface area contributed by atoms with Gasteiger partial charge in [-0.3, -0.25) is 4.90 Å². The van der Waals surface area contributed by atoms with Crippen LogP contribution in [0.15, 0.2) is 23.8 Å². The summed E-state index contributed by atoms with van der Waals surface area (Å²) in [7, 11) is 0. The van der Waals surface area contributed by atoms with E-state index in [9.17, 15) is 0 Å². The Labute approximate surface area is 170 Å². The molecule has 5 rings (SSSR count). The van der Waals surface area contributed by atoms with Gasteiger partial charge in [-0.1, -0.05) is 0 Å². The summed E-state index contributed by atoms with van der Waals surface area (Å²) in [4.78, 5) is 15.4. The highest BCUT2D eigenvalue weighted by molar-refractivity contribution is 7.09. The molecular formula is C22H28N4OS. The Hall–Kier alpha value is -1.76. The summed E-state index contributed by atoms with van der Waals surface area (Å²) in [5.41, 5.74) is 4.58. The van der Waals surface area contributed by atoms with Gasteiger partial charge >= 0.3 is 0 Å². The summed E-state index contributed by atoms with van der Waals surface area (Å²) < 4.78 is 5.63. The molecular weight excluding hydrogens is 368 g/mol. The van der Waals surface area contributed by atoms with Gasteiger partial charge < -0.3 is 9.72 Å². The minimum absolute atomic E-state index is 0.622. The lowest BCUT2D eigenvalue weighted by atomic mass is 9.81. The lowest BCUT2D eigenvalue weighted by Crippen LogP contribution is -2.39. The monoisotopic (exact) mass is 396 g/mol. The number of nitrogens with zero attached hydrogens (tertiary/aromatic N) is 3. The van der Waals surface area contributed by atoms with Gasteiger partial charge in [-0.2, -0.15) is 0 Å². The van der Waals surface area contributed by atoms with Gasteiger partial charge in [0.05, 0.1) is 17.3 Å². The third-order valence-electron chi connectivity index (χ3n) is 6.39. The predicted octanol–water partition coefficient (Wildman–Crippen LogP) is 4.74. The Morgan fingerprint density at radius 1 is 1.18 bits per heavy atom. The van der Waals surface area contributed by atoms with E-state index in [4.69, 9.17) is 9.72 Å². The van der Waals surface area contributed by atoms with Gasteiger partial charge in [0.25, 0.3) is 0 Å². The van der Waals surface area contributed by atoms with Crippen LogP contribution in [-0.2, 0) is 4.74 Å². The second-order valence-corrected chi connectivity index (χ2v) is 9.19. The fraction of sp³-hybridized carbons (Fsp3) is 0.545. The van der Waals surface area contributed by atoms with Crippen molar-refractivity contribution in [3.8, 4) is 11.3 Å². The lowest BCUT2D eigenvalue weighted by Gasteiger charge is -2.36. The molecule has 5 nitrogen and oxygen atoms in total. The van der Waals surface area contributed by atoms with Crippen molar-refractivity contribution in [2.24, 2.45) is 0 Å². The van der Waals surface area contributed by atoms with Crippen LogP contribution in [0, 0.1) is 6.92 Å². The molecule has 3 aromatic heterocycles. The Morgan fingerprint density at radius 3 is 2.89 bits per heavy atom. The molecule has 28 heavy (non-hydrogen) atoms. The van der Waals surface area contributed by atoms with Crippen molar-refractivity contribution in [2.75, 3.05) is 26.3 Å². The maximum Gasteiger partial charge on any atom is 0.137 e. The fourth-order valence-electron chi connectivity index (χ4n) is 4.85. The number of aryl methyl sites for hydroxylation is 1. The zero-order valence-electron chi connectivity index (χ0n) is 16.5. The molecule has 148 valence electrons. The summed E-state index contributed by atoms with van der Waals surface area (Å²) in [6.45, 7) is 6.18. The van der Waals surface area contributed by atoms with Crippen molar-refractivity contribution >= 4 is 22.4 Å². The molecule has 1 aliphatic heterocycles. The number of aromatic nitrogens is 3. The van der Waals surface area contributed by atoms with Crippen LogP contribution in [0.5, 0.6) is 0 Å². The minimum Gasteiger partial charge on any atom is -0.380 e. The predicted molar refractivity (Wildman–Crippen MR) is 114 cm³/mol. The SMILES string of the molecule is Cc1nc(-c2c[nH]c3ncc([C@H]4CC[C@@H](N5CCCOCC5)CC4)cc23)cs1. The summed E-state index contributed by atoms with van der Waals surface area (Å²) >= 11 is 1.70. The standard InChI is InChI=1S/C22H28N4OS/c1-15-25-21(14-28-15)20-13-24-22-19(20)11-17(12-23-22)16-3-5-18(6-4-16)26-7-2-9-27-10-8-26/h11-14,16,18H,2-10H2,1H3,(H,23,24)/t16-,18+. The van der Waals surface area contributed by atoms with Gasteiger partial charge in [-0.05, 0) is 56.6 Å². The molecule has 0 amide bonds. The molecule has 0 atom stereocenters. The van der Waals surface area contributed by atoms with E-state index in [1.54, 1.807) is 11.3 Å². The van der Waals surface area contributed by atoms with Crippen LogP contribution < -0.4 is 0 Å². The molecule has 1 N–H and O–H groups in total. The quantitative estimate of drug-likeness (QED) is 0.694. The third kappa shape index (κ3) is 3.61. The number of nitrogens with one attached hydrogen (secondary N) is 1. The van der Waals surface area contributed by atoms with Crippen molar-refractivity contribution < 1.29 is 4.74 Å². The zero-order chi connectivity index (χ0) is 18.9.